The van der Waals surface area contributed by atoms with E-state index < -0.39 is 5.25 Å². The maximum Gasteiger partial charge on any atom is 0.286 e. The summed E-state index contributed by atoms with van der Waals surface area (Å²) in [6.45, 7) is 0. The molecule has 1 unspecified atom stereocenters. The van der Waals surface area contributed by atoms with Crippen molar-refractivity contribution in [1.29, 1.82) is 0 Å². The number of nitrogens with zero attached hydrogens (tertiary/aromatic N) is 2. The van der Waals surface area contributed by atoms with E-state index in [0.717, 1.165) is 17.4 Å². The molecule has 0 radical (unpaired) electrons. The molecule has 1 aromatic heterocycles. The lowest BCUT2D eigenvalue weighted by molar-refractivity contribution is -0.118. The first kappa shape index (κ1) is 12.7. The van der Waals surface area contributed by atoms with Crippen LogP contribution in [0.25, 0.3) is 5.69 Å². The van der Waals surface area contributed by atoms with Crippen molar-refractivity contribution in [2.45, 2.75) is 11.7 Å². The van der Waals surface area contributed by atoms with Crippen LogP contribution in [0.1, 0.15) is 5.56 Å². The molecule has 1 aliphatic rings. The lowest BCUT2D eigenvalue weighted by Gasteiger charge is -2.02. The lowest BCUT2D eigenvalue weighted by atomic mass is 10.2. The van der Waals surface area contributed by atoms with Gasteiger partial charge in [0, 0.05) is 18.2 Å². The van der Waals surface area contributed by atoms with Crippen molar-refractivity contribution in [3.63, 3.8) is 0 Å². The standard InChI is InChI=1S/C13H11N3O3S/c17-11-8(6-10-12(18)14-13(19)20-10)7-16(15-11)9-4-2-1-3-5-9/h1-5,7,10H,6H2,(H,15,17)(H,14,18,19). The minimum Gasteiger partial charge on any atom is -0.492 e. The molecule has 20 heavy (non-hydrogen) atoms. The molecule has 0 saturated carbocycles. The monoisotopic (exact) mass is 289 g/mol. The summed E-state index contributed by atoms with van der Waals surface area (Å²) in [5, 5.41) is 15.2. The second-order valence-electron chi connectivity index (χ2n) is 4.35. The van der Waals surface area contributed by atoms with Crippen molar-refractivity contribution in [2.75, 3.05) is 0 Å². The molecule has 1 aliphatic heterocycles. The van der Waals surface area contributed by atoms with Crippen molar-refractivity contribution >= 4 is 22.9 Å². The molecule has 1 atom stereocenters. The van der Waals surface area contributed by atoms with E-state index in [0.29, 0.717) is 5.56 Å². The summed E-state index contributed by atoms with van der Waals surface area (Å²) in [6.07, 6.45) is 1.93. The molecule has 1 fully saturated rings. The SMILES string of the molecule is O=C1NC(=O)C(Cc2cn(-c3ccccc3)nc2O)S1. The van der Waals surface area contributed by atoms with Crippen molar-refractivity contribution in [2.24, 2.45) is 0 Å². The molecular formula is C13H11N3O3S. The fourth-order valence-electron chi connectivity index (χ4n) is 1.98. The average Bonchev–Trinajstić information content (AvgIpc) is 2.95. The van der Waals surface area contributed by atoms with Crippen LogP contribution in [-0.4, -0.2) is 31.3 Å². The minimum atomic E-state index is -0.512. The highest BCUT2D eigenvalue weighted by molar-refractivity contribution is 8.15. The first-order valence-corrected chi connectivity index (χ1v) is 6.86. The first-order valence-electron chi connectivity index (χ1n) is 5.98. The van der Waals surface area contributed by atoms with Crippen LogP contribution in [-0.2, 0) is 11.2 Å². The highest BCUT2D eigenvalue weighted by atomic mass is 32.2. The number of hydrogen-bond donors (Lipinski definition) is 2. The lowest BCUT2D eigenvalue weighted by Crippen LogP contribution is -2.25. The average molecular weight is 289 g/mol. The quantitative estimate of drug-likeness (QED) is 0.894. The third-order valence-corrected chi connectivity index (χ3v) is 3.94. The molecule has 1 aromatic carbocycles. The fourth-order valence-corrected chi connectivity index (χ4v) is 2.83. The Morgan fingerprint density at radius 1 is 1.30 bits per heavy atom. The maximum absolute atomic E-state index is 11.5. The van der Waals surface area contributed by atoms with Gasteiger partial charge in [0.05, 0.1) is 10.9 Å². The smallest absolute Gasteiger partial charge is 0.286 e. The summed E-state index contributed by atoms with van der Waals surface area (Å²) in [5.74, 6) is -0.450. The van der Waals surface area contributed by atoms with Crippen molar-refractivity contribution in [3.05, 3.63) is 42.1 Å². The van der Waals surface area contributed by atoms with Gasteiger partial charge in [-0.3, -0.25) is 14.9 Å². The summed E-state index contributed by atoms with van der Waals surface area (Å²) in [5.41, 5.74) is 1.35. The number of aromatic nitrogens is 2. The third kappa shape index (κ3) is 2.39. The molecule has 0 spiro atoms. The van der Waals surface area contributed by atoms with Crippen LogP contribution in [0.3, 0.4) is 0 Å². The van der Waals surface area contributed by atoms with E-state index in [2.05, 4.69) is 10.4 Å². The minimum absolute atomic E-state index is 0.124. The number of rotatable bonds is 3. The highest BCUT2D eigenvalue weighted by Crippen LogP contribution is 2.26. The summed E-state index contributed by atoms with van der Waals surface area (Å²) in [6, 6.07) is 9.34. The van der Waals surface area contributed by atoms with Crippen LogP contribution in [0.15, 0.2) is 36.5 Å². The molecule has 2 aromatic rings. The molecule has 2 heterocycles. The Bertz CT molecular complexity index is 669. The second-order valence-corrected chi connectivity index (χ2v) is 5.52. The number of thioether (sulfide) groups is 1. The summed E-state index contributed by atoms with van der Waals surface area (Å²) in [4.78, 5) is 22.6. The van der Waals surface area contributed by atoms with Crippen molar-refractivity contribution < 1.29 is 14.7 Å². The Hall–Kier alpha value is -2.28. The molecule has 102 valence electrons. The third-order valence-electron chi connectivity index (χ3n) is 2.96. The molecule has 0 bridgehead atoms. The number of benzene rings is 1. The van der Waals surface area contributed by atoms with Crippen molar-refractivity contribution in [3.8, 4) is 11.6 Å². The van der Waals surface area contributed by atoms with Gasteiger partial charge in [-0.15, -0.1) is 5.10 Å². The normalized spacial score (nSPS) is 18.3. The molecule has 3 rings (SSSR count). The summed E-state index contributed by atoms with van der Waals surface area (Å²) >= 11 is 0.935. The van der Waals surface area contributed by atoms with E-state index >= 15 is 0 Å². The number of para-hydroxylation sites is 1. The number of carbonyl (C=O) groups is 2. The van der Waals surface area contributed by atoms with E-state index in [1.165, 1.54) is 0 Å². The molecule has 7 heteroatoms. The molecule has 0 aliphatic carbocycles. The van der Waals surface area contributed by atoms with Gasteiger partial charge in [0.2, 0.25) is 11.8 Å². The van der Waals surface area contributed by atoms with Crippen LogP contribution < -0.4 is 5.32 Å². The van der Waals surface area contributed by atoms with Gasteiger partial charge in [-0.1, -0.05) is 30.0 Å². The van der Waals surface area contributed by atoms with Crippen LogP contribution in [0.2, 0.25) is 0 Å². The van der Waals surface area contributed by atoms with E-state index in [4.69, 9.17) is 0 Å². The predicted molar refractivity (Wildman–Crippen MR) is 73.9 cm³/mol. The predicted octanol–water partition coefficient (Wildman–Crippen LogP) is 1.47. The zero-order valence-corrected chi connectivity index (χ0v) is 11.1. The van der Waals surface area contributed by atoms with Gasteiger partial charge in [-0.2, -0.15) is 0 Å². The Labute approximate surface area is 118 Å². The van der Waals surface area contributed by atoms with Crippen LogP contribution >= 0.6 is 11.8 Å². The van der Waals surface area contributed by atoms with Crippen LogP contribution in [0, 0.1) is 0 Å². The Kier molecular flexibility index (Phi) is 3.19. The number of nitrogens with one attached hydrogen (secondary N) is 1. The summed E-state index contributed by atoms with van der Waals surface area (Å²) in [7, 11) is 0. The molecule has 2 amide bonds. The van der Waals surface area contributed by atoms with E-state index in [-0.39, 0.29) is 23.4 Å². The number of carbonyl (C=O) groups excluding carboxylic acids is 2. The van der Waals surface area contributed by atoms with Gasteiger partial charge in [-0.05, 0) is 12.1 Å². The number of hydrogen-bond acceptors (Lipinski definition) is 5. The second kappa shape index (κ2) is 5.01. The highest BCUT2D eigenvalue weighted by Gasteiger charge is 2.32. The summed E-state index contributed by atoms with van der Waals surface area (Å²) < 4.78 is 1.55. The van der Waals surface area contributed by atoms with Gasteiger partial charge in [-0.25, -0.2) is 4.68 Å². The topological polar surface area (TPSA) is 84.2 Å². The zero-order valence-electron chi connectivity index (χ0n) is 10.3. The zero-order chi connectivity index (χ0) is 14.1. The van der Waals surface area contributed by atoms with Gasteiger partial charge < -0.3 is 5.11 Å². The van der Waals surface area contributed by atoms with E-state index in [1.54, 1.807) is 10.9 Å². The Morgan fingerprint density at radius 3 is 2.70 bits per heavy atom. The van der Waals surface area contributed by atoms with Gasteiger partial charge in [0.1, 0.15) is 0 Å². The molecule has 6 nitrogen and oxygen atoms in total. The molecule has 1 saturated heterocycles. The van der Waals surface area contributed by atoms with E-state index in [1.807, 2.05) is 30.3 Å². The Morgan fingerprint density at radius 2 is 2.05 bits per heavy atom. The molecular weight excluding hydrogens is 278 g/mol. The molecule has 2 N–H and O–H groups in total. The largest absolute Gasteiger partial charge is 0.492 e. The number of amides is 2. The maximum atomic E-state index is 11.5. The number of imide groups is 1. The van der Waals surface area contributed by atoms with Gasteiger partial charge in [0.15, 0.2) is 0 Å². The Balaban J connectivity index is 1.83. The van der Waals surface area contributed by atoms with Crippen LogP contribution in [0.5, 0.6) is 5.88 Å². The van der Waals surface area contributed by atoms with Crippen LogP contribution in [0.4, 0.5) is 4.79 Å². The number of aromatic hydroxyl groups is 1. The van der Waals surface area contributed by atoms with E-state index in [9.17, 15) is 14.7 Å². The first-order chi connectivity index (χ1) is 9.63. The van der Waals surface area contributed by atoms with Crippen molar-refractivity contribution in [1.82, 2.24) is 15.1 Å². The van der Waals surface area contributed by atoms with Gasteiger partial charge >= 0.3 is 0 Å². The fraction of sp³-hybridized carbons (Fsp3) is 0.154. The van der Waals surface area contributed by atoms with Gasteiger partial charge in [0.25, 0.3) is 5.24 Å².